The Morgan fingerprint density at radius 1 is 0.304 bits per heavy atom. The van der Waals surface area contributed by atoms with Gasteiger partial charge in [0.15, 0.2) is 24.8 Å². The summed E-state index contributed by atoms with van der Waals surface area (Å²) >= 11 is 0. The van der Waals surface area contributed by atoms with Crippen molar-refractivity contribution >= 4 is 131 Å². The number of aryl methyl sites for hydroxylation is 13. The monoisotopic (exact) mass is 1500 g/mol. The summed E-state index contributed by atoms with van der Waals surface area (Å²) < 4.78 is 34.9. The Morgan fingerprint density at radius 3 is 1.13 bits per heavy atom. The number of aromatic nitrogens is 4. The van der Waals surface area contributed by atoms with Gasteiger partial charge in [-0.1, -0.05) is 197 Å². The zero-order valence-corrected chi connectivity index (χ0v) is 69.0. The van der Waals surface area contributed by atoms with E-state index in [1.54, 1.807) is 0 Å². The average Bonchev–Trinajstić information content (AvgIpc) is 1.61. The normalized spacial score (nSPS) is 12.6. The molecule has 1 saturated carbocycles. The lowest BCUT2D eigenvalue weighted by atomic mass is 9.94. The van der Waals surface area contributed by atoms with Crippen LogP contribution in [0.4, 0.5) is 0 Å². The molecule has 0 spiro atoms. The first-order valence-electron chi connectivity index (χ1n) is 41.0. The lowest BCUT2D eigenvalue weighted by Gasteiger charge is -2.11. The molecule has 8 nitrogen and oxygen atoms in total. The van der Waals surface area contributed by atoms with E-state index in [1.807, 2.05) is 0 Å². The molecule has 568 valence electrons. The van der Waals surface area contributed by atoms with Crippen LogP contribution >= 0.6 is 0 Å². The molecule has 115 heavy (non-hydrogen) atoms. The first-order valence-corrected chi connectivity index (χ1v) is 41.0. The maximum absolute atomic E-state index is 6.54. The van der Waals surface area contributed by atoms with Gasteiger partial charge in [-0.25, -0.2) is 18.3 Å². The van der Waals surface area contributed by atoms with Crippen LogP contribution in [0.5, 0.6) is 0 Å². The molecule has 8 heterocycles. The van der Waals surface area contributed by atoms with Crippen LogP contribution in [0.2, 0.25) is 0 Å². The molecule has 1 aliphatic carbocycles. The molecule has 8 heteroatoms. The molecule has 0 aliphatic heterocycles. The minimum absolute atomic E-state index is 0.630. The molecule has 1 fully saturated rings. The Labute approximate surface area is 672 Å². The zero-order chi connectivity index (χ0) is 79.4. The lowest BCUT2D eigenvalue weighted by molar-refractivity contribution is -0.660. The quantitative estimate of drug-likeness (QED) is 0.142. The van der Waals surface area contributed by atoms with Crippen LogP contribution in [0.1, 0.15) is 101 Å². The van der Waals surface area contributed by atoms with E-state index < -0.39 is 0 Å². The summed E-state index contributed by atoms with van der Waals surface area (Å²) in [5, 5.41) is 19.7. The van der Waals surface area contributed by atoms with Crippen LogP contribution in [0.15, 0.2) is 267 Å². The predicted molar refractivity (Wildman–Crippen MR) is 478 cm³/mol. The number of furan rings is 4. The highest BCUT2D eigenvalue weighted by Crippen LogP contribution is 2.47. The molecule has 0 atom stereocenters. The lowest BCUT2D eigenvalue weighted by Crippen LogP contribution is -2.31. The number of nitrogens with zero attached hydrogens (tertiary/aromatic N) is 4. The van der Waals surface area contributed by atoms with E-state index in [2.05, 4.69) is 372 Å². The van der Waals surface area contributed by atoms with Crippen molar-refractivity contribution in [2.45, 2.75) is 115 Å². The standard InChI is InChI=1S/C29H28NO.C27H26NO.C26H24NO.C25H22NO/c1-19-11-13-24-28-23-10-6-5-9-22(23)12-14-26(28)31-29(24)27(19)25-18-21(15-16-30(25)2)17-20-7-3-4-8-20;1-17(2)15-19-13-14-28(4)23(16-19)25-18(3)9-11-22-26-21-8-6-5-7-20(21)10-12-24(26)29-27(22)25;1-15-13-21(27(5)14-18(15)4)23-16(2)12-17(3)24-25-20-9-7-6-8-19(20)10-11-22(25)28-26(23)24;1-15-11-12-26(4)20(13-15)22-16(2)14-17(3)23-24-19-8-6-5-7-18(19)9-10-21(24)27-25(22)23/h5-6,9-16,18,20H,3-4,7-8,17H2,1-2H3;5-14,16-17H,15H2,1-4H3;6-14H,1-5H3;5-14H,1-4H3/q4*+1. The number of hydrogen-bond donors (Lipinski definition) is 0. The molecule has 0 amide bonds. The highest BCUT2D eigenvalue weighted by atomic mass is 16.3. The Balaban J connectivity index is 0.000000106. The van der Waals surface area contributed by atoms with Crippen molar-refractivity contribution in [3.8, 4) is 45.0 Å². The van der Waals surface area contributed by atoms with E-state index >= 15 is 0 Å². The molecule has 21 rings (SSSR count). The Kier molecular flexibility index (Phi) is 19.1. The average molecular weight is 1510 g/mol. The first kappa shape index (κ1) is 73.9. The minimum atomic E-state index is 0.630. The smallest absolute Gasteiger partial charge is 0.216 e. The van der Waals surface area contributed by atoms with Crippen molar-refractivity contribution in [1.29, 1.82) is 0 Å². The number of pyridine rings is 4. The number of benzene rings is 12. The largest absolute Gasteiger partial charge is 0.455 e. The third kappa shape index (κ3) is 13.2. The molecular formula is C107H100N4O4+4. The SMILES string of the molecule is Cc1cc(-c2c(C)cc(C)c3c2oc2ccc4ccccc4c23)[n+](C)cc1C.Cc1cc[n+](C)c(-c2c(C)cc(C)c3c2oc2ccc4ccccc4c23)c1.Cc1ccc2c(oc3ccc4ccccc4c32)c1-c1cc(CC(C)C)cc[n+]1C.Cc1ccc2c(oc3ccc4ccccc4c32)c1-c1cc(CC2CCCC2)cc[n+]1C. The Bertz CT molecular complexity index is 7310. The van der Waals surface area contributed by atoms with Gasteiger partial charge in [-0.2, -0.15) is 0 Å². The molecule has 0 saturated heterocycles. The molecule has 0 bridgehead atoms. The van der Waals surface area contributed by atoms with E-state index in [9.17, 15) is 0 Å². The molecule has 0 radical (unpaired) electrons. The topological polar surface area (TPSA) is 68.1 Å². The summed E-state index contributed by atoms with van der Waals surface area (Å²) in [7, 11) is 8.47. The second kappa shape index (κ2) is 29.8. The van der Waals surface area contributed by atoms with Crippen LogP contribution in [0.3, 0.4) is 0 Å². The summed E-state index contributed by atoms with van der Waals surface area (Å²) in [6.45, 7) is 24.1. The molecular weight excluding hydrogens is 1410 g/mol. The summed E-state index contributed by atoms with van der Waals surface area (Å²) in [6, 6.07) is 80.7. The summed E-state index contributed by atoms with van der Waals surface area (Å²) in [6.07, 6.45) is 16.5. The Morgan fingerprint density at radius 2 is 0.678 bits per heavy atom. The first-order chi connectivity index (χ1) is 55.7. The van der Waals surface area contributed by atoms with Crippen LogP contribution in [-0.4, -0.2) is 0 Å². The van der Waals surface area contributed by atoms with E-state index in [1.165, 1.54) is 225 Å². The fourth-order valence-electron chi connectivity index (χ4n) is 18.9. The van der Waals surface area contributed by atoms with Gasteiger partial charge in [-0.15, -0.1) is 0 Å². The van der Waals surface area contributed by atoms with Gasteiger partial charge in [0, 0.05) is 91.1 Å². The molecule has 8 aromatic heterocycles. The highest BCUT2D eigenvalue weighted by Gasteiger charge is 2.29. The van der Waals surface area contributed by atoms with Gasteiger partial charge in [-0.3, -0.25) is 0 Å². The van der Waals surface area contributed by atoms with Crippen LogP contribution < -0.4 is 18.3 Å². The molecule has 1 aliphatic rings. The number of fused-ring (bicyclic) bond motifs is 20. The predicted octanol–water partition coefficient (Wildman–Crippen LogP) is 26.6. The summed E-state index contributed by atoms with van der Waals surface area (Å²) in [5.74, 6) is 1.47. The van der Waals surface area contributed by atoms with Crippen molar-refractivity contribution in [2.24, 2.45) is 40.0 Å². The fourth-order valence-corrected chi connectivity index (χ4v) is 18.9. The zero-order valence-electron chi connectivity index (χ0n) is 69.0. The van der Waals surface area contributed by atoms with Gasteiger partial charge < -0.3 is 17.7 Å². The minimum Gasteiger partial charge on any atom is -0.455 e. The maximum Gasteiger partial charge on any atom is 0.216 e. The van der Waals surface area contributed by atoms with Gasteiger partial charge in [0.05, 0.1) is 22.3 Å². The summed E-state index contributed by atoms with van der Waals surface area (Å²) in [5.41, 5.74) is 31.5. The van der Waals surface area contributed by atoms with Crippen LogP contribution in [0.25, 0.3) is 176 Å². The third-order valence-electron chi connectivity index (χ3n) is 24.7. The maximum atomic E-state index is 6.54. The van der Waals surface area contributed by atoms with Crippen molar-refractivity contribution in [3.05, 3.63) is 310 Å². The molecule has 12 aromatic carbocycles. The fraction of sp³-hybridized carbons (Fsp3) is 0.215. The van der Waals surface area contributed by atoms with Gasteiger partial charge in [-0.05, 0) is 210 Å². The van der Waals surface area contributed by atoms with E-state index in [0.29, 0.717) is 5.92 Å². The van der Waals surface area contributed by atoms with Gasteiger partial charge in [0.25, 0.3) is 0 Å². The van der Waals surface area contributed by atoms with Crippen molar-refractivity contribution in [2.75, 3.05) is 0 Å². The third-order valence-corrected chi connectivity index (χ3v) is 24.7. The van der Waals surface area contributed by atoms with Gasteiger partial charge in [0.1, 0.15) is 72.9 Å². The van der Waals surface area contributed by atoms with Crippen molar-refractivity contribution in [3.63, 3.8) is 0 Å². The molecule has 20 aromatic rings. The highest BCUT2D eigenvalue weighted by molar-refractivity contribution is 6.25. The van der Waals surface area contributed by atoms with Gasteiger partial charge in [0.2, 0.25) is 22.8 Å². The summed E-state index contributed by atoms with van der Waals surface area (Å²) in [4.78, 5) is 0. The number of hydrogen-bond acceptors (Lipinski definition) is 4. The molecule has 0 unspecified atom stereocenters. The van der Waals surface area contributed by atoms with E-state index in [-0.39, 0.29) is 0 Å². The van der Waals surface area contributed by atoms with Crippen molar-refractivity contribution < 1.29 is 35.9 Å². The Hall–Kier alpha value is -12.5. The van der Waals surface area contributed by atoms with Crippen molar-refractivity contribution in [1.82, 2.24) is 0 Å². The molecule has 0 N–H and O–H groups in total. The van der Waals surface area contributed by atoms with Crippen LogP contribution in [0, 0.1) is 74.1 Å². The van der Waals surface area contributed by atoms with E-state index in [4.69, 9.17) is 17.7 Å². The van der Waals surface area contributed by atoms with E-state index in [0.717, 1.165) is 57.0 Å². The second-order valence-electron chi connectivity index (χ2n) is 33.3. The number of rotatable bonds is 8. The van der Waals surface area contributed by atoms with Crippen LogP contribution in [-0.2, 0) is 41.0 Å². The van der Waals surface area contributed by atoms with Gasteiger partial charge >= 0.3 is 0 Å². The second-order valence-corrected chi connectivity index (χ2v) is 33.3.